The van der Waals surface area contributed by atoms with Crippen LogP contribution in [0.3, 0.4) is 0 Å². The van der Waals surface area contributed by atoms with Crippen LogP contribution in [0, 0.1) is 0 Å². The van der Waals surface area contributed by atoms with E-state index >= 15 is 0 Å². The van der Waals surface area contributed by atoms with Crippen molar-refractivity contribution < 1.29 is 14.3 Å². The largest absolute Gasteiger partial charge is 0.426 e. The van der Waals surface area contributed by atoms with Crippen LogP contribution in [0.5, 0.6) is 5.75 Å². The topological polar surface area (TPSA) is 58.6 Å². The molecule has 0 aromatic heterocycles. The van der Waals surface area contributed by atoms with E-state index in [9.17, 15) is 9.59 Å². The summed E-state index contributed by atoms with van der Waals surface area (Å²) in [6, 6.07) is 36.0. The summed E-state index contributed by atoms with van der Waals surface area (Å²) in [5.41, 5.74) is 3.32. The molecule has 4 rings (SSSR count). The van der Waals surface area contributed by atoms with Gasteiger partial charge in [-0.2, -0.15) is 0 Å². The molecule has 2 amide bonds. The minimum Gasteiger partial charge on any atom is -0.426 e. The van der Waals surface area contributed by atoms with E-state index in [4.69, 9.17) is 4.74 Å². The van der Waals surface area contributed by atoms with Crippen molar-refractivity contribution in [2.24, 2.45) is 0 Å². The Morgan fingerprint density at radius 3 is 2.12 bits per heavy atom. The van der Waals surface area contributed by atoms with Crippen LogP contribution < -0.4 is 15.0 Å². The summed E-state index contributed by atoms with van der Waals surface area (Å²) in [5, 5.41) is 3.10. The van der Waals surface area contributed by atoms with Gasteiger partial charge in [0.2, 0.25) is 0 Å². The van der Waals surface area contributed by atoms with Gasteiger partial charge in [-0.25, -0.2) is 4.79 Å². The summed E-state index contributed by atoms with van der Waals surface area (Å²) in [5.74, 6) is 0.334. The van der Waals surface area contributed by atoms with Crippen molar-refractivity contribution in [3.63, 3.8) is 0 Å². The van der Waals surface area contributed by atoms with E-state index in [2.05, 4.69) is 29.6 Å². The number of aryl methyl sites for hydroxylation is 1. The number of esters is 1. The van der Waals surface area contributed by atoms with E-state index in [1.165, 1.54) is 11.1 Å². The first-order valence-corrected chi connectivity index (χ1v) is 14.6. The normalized spacial score (nSPS) is 10.6. The molecular weight excluding hydrogens is 516 g/mol. The lowest BCUT2D eigenvalue weighted by molar-refractivity contribution is -0.134. The van der Waals surface area contributed by atoms with Crippen molar-refractivity contribution in [3.05, 3.63) is 120 Å². The summed E-state index contributed by atoms with van der Waals surface area (Å²) in [7, 11) is 0. The molecule has 4 aromatic carbocycles. The summed E-state index contributed by atoms with van der Waals surface area (Å²) in [4.78, 5) is 29.0. The number of hydrogen-bond donors (Lipinski definition) is 1. The van der Waals surface area contributed by atoms with Gasteiger partial charge in [-0.1, -0.05) is 85.4 Å². The van der Waals surface area contributed by atoms with Crippen LogP contribution in [-0.2, 0) is 17.6 Å². The number of carbonyl (C=O) groups is 2. The Kier molecular flexibility index (Phi) is 11.2. The zero-order valence-corrected chi connectivity index (χ0v) is 23.7. The fourth-order valence-electron chi connectivity index (χ4n) is 4.31. The molecule has 1 N–H and O–H groups in total. The standard InChI is InChI=1S/C34H36N2O3S/c1-2-11-33(37)39-30-17-9-18-32(26-30)40-31-21-19-29(20-22-31)36(25-10-16-27-12-5-3-6-13-27)34(38)35-24-23-28-14-7-4-8-15-28/h3-9,12-15,17-22,26H,2,10-11,16,23-25H2,1H3,(H,35,38). The fraction of sp³-hybridized carbons (Fsp3) is 0.235. The van der Waals surface area contributed by atoms with Gasteiger partial charge in [0.15, 0.2) is 0 Å². The highest BCUT2D eigenvalue weighted by atomic mass is 32.2. The van der Waals surface area contributed by atoms with Crippen molar-refractivity contribution in [2.75, 3.05) is 18.0 Å². The summed E-state index contributed by atoms with van der Waals surface area (Å²) >= 11 is 1.59. The number of nitrogens with zero attached hydrogens (tertiary/aromatic N) is 1. The van der Waals surface area contributed by atoms with Gasteiger partial charge in [-0.3, -0.25) is 9.69 Å². The molecule has 0 saturated carbocycles. The Morgan fingerprint density at radius 1 is 0.775 bits per heavy atom. The molecule has 4 aromatic rings. The number of hydrogen-bond acceptors (Lipinski definition) is 4. The lowest BCUT2D eigenvalue weighted by Gasteiger charge is -2.24. The lowest BCUT2D eigenvalue weighted by atomic mass is 10.1. The molecule has 0 aliphatic carbocycles. The van der Waals surface area contributed by atoms with Gasteiger partial charge in [-0.15, -0.1) is 0 Å². The Balaban J connectivity index is 1.40. The van der Waals surface area contributed by atoms with Crippen LogP contribution in [0.4, 0.5) is 10.5 Å². The summed E-state index contributed by atoms with van der Waals surface area (Å²) in [6.45, 7) is 3.14. The molecule has 0 heterocycles. The van der Waals surface area contributed by atoms with Gasteiger partial charge < -0.3 is 10.1 Å². The number of benzene rings is 4. The molecule has 0 saturated heterocycles. The van der Waals surface area contributed by atoms with Crippen molar-refractivity contribution in [2.45, 2.75) is 48.8 Å². The zero-order chi connectivity index (χ0) is 28.0. The van der Waals surface area contributed by atoms with E-state index in [0.29, 0.717) is 25.3 Å². The fourth-order valence-corrected chi connectivity index (χ4v) is 5.17. The molecule has 0 spiro atoms. The number of nitrogens with one attached hydrogen (secondary N) is 1. The predicted molar refractivity (Wildman–Crippen MR) is 163 cm³/mol. The third kappa shape index (κ3) is 9.31. The lowest BCUT2D eigenvalue weighted by Crippen LogP contribution is -2.41. The van der Waals surface area contributed by atoms with E-state index in [1.54, 1.807) is 17.8 Å². The van der Waals surface area contributed by atoms with Gasteiger partial charge in [0.05, 0.1) is 0 Å². The maximum absolute atomic E-state index is 13.3. The van der Waals surface area contributed by atoms with E-state index in [1.807, 2.05) is 90.7 Å². The van der Waals surface area contributed by atoms with E-state index < -0.39 is 0 Å². The van der Waals surface area contributed by atoms with Gasteiger partial charge in [0.1, 0.15) is 5.75 Å². The maximum Gasteiger partial charge on any atom is 0.321 e. The predicted octanol–water partition coefficient (Wildman–Crippen LogP) is 7.93. The first-order valence-electron chi connectivity index (χ1n) is 13.8. The second-order valence-corrected chi connectivity index (χ2v) is 10.7. The average molecular weight is 553 g/mol. The molecule has 5 nitrogen and oxygen atoms in total. The van der Waals surface area contributed by atoms with Crippen LogP contribution in [0.1, 0.15) is 37.3 Å². The Labute approximate surface area is 241 Å². The number of ether oxygens (including phenoxy) is 1. The van der Waals surface area contributed by atoms with Gasteiger partial charge in [0, 0.05) is 35.0 Å². The minimum absolute atomic E-state index is 0.0917. The van der Waals surface area contributed by atoms with Crippen molar-refractivity contribution in [1.82, 2.24) is 5.32 Å². The summed E-state index contributed by atoms with van der Waals surface area (Å²) < 4.78 is 5.44. The molecule has 6 heteroatoms. The van der Waals surface area contributed by atoms with Crippen LogP contribution >= 0.6 is 11.8 Å². The molecule has 0 fully saturated rings. The molecule has 40 heavy (non-hydrogen) atoms. The molecule has 0 aliphatic rings. The summed E-state index contributed by atoms with van der Waals surface area (Å²) in [6.07, 6.45) is 3.71. The average Bonchev–Trinajstić information content (AvgIpc) is 2.97. The van der Waals surface area contributed by atoms with Gasteiger partial charge in [-0.05, 0) is 79.3 Å². The first kappa shape index (κ1) is 29.0. The van der Waals surface area contributed by atoms with E-state index in [0.717, 1.165) is 41.2 Å². The van der Waals surface area contributed by atoms with Crippen LogP contribution in [-0.4, -0.2) is 25.1 Å². The van der Waals surface area contributed by atoms with Gasteiger partial charge >= 0.3 is 12.0 Å². The van der Waals surface area contributed by atoms with Crippen molar-refractivity contribution in [1.29, 1.82) is 0 Å². The number of urea groups is 1. The SMILES string of the molecule is CCCC(=O)Oc1cccc(Sc2ccc(N(CCCc3ccccc3)C(=O)NCCc3ccccc3)cc2)c1. The Bertz CT molecular complexity index is 1340. The molecule has 0 radical (unpaired) electrons. The Morgan fingerprint density at radius 2 is 1.45 bits per heavy atom. The highest BCUT2D eigenvalue weighted by Crippen LogP contribution is 2.31. The third-order valence-electron chi connectivity index (χ3n) is 6.34. The highest BCUT2D eigenvalue weighted by molar-refractivity contribution is 7.99. The number of carbonyl (C=O) groups excluding carboxylic acids is 2. The van der Waals surface area contributed by atoms with Crippen LogP contribution in [0.15, 0.2) is 119 Å². The quantitative estimate of drug-likeness (QED) is 0.135. The molecule has 0 bridgehead atoms. The van der Waals surface area contributed by atoms with Crippen molar-refractivity contribution in [3.8, 4) is 5.75 Å². The molecule has 0 unspecified atom stereocenters. The molecular formula is C34H36N2O3S. The smallest absolute Gasteiger partial charge is 0.321 e. The van der Waals surface area contributed by atoms with E-state index in [-0.39, 0.29) is 12.0 Å². The maximum atomic E-state index is 13.3. The van der Waals surface area contributed by atoms with Crippen molar-refractivity contribution >= 4 is 29.4 Å². The second-order valence-electron chi connectivity index (χ2n) is 9.50. The van der Waals surface area contributed by atoms with Gasteiger partial charge in [0.25, 0.3) is 0 Å². The highest BCUT2D eigenvalue weighted by Gasteiger charge is 2.16. The van der Waals surface area contributed by atoms with Crippen LogP contribution in [0.25, 0.3) is 0 Å². The number of rotatable bonds is 13. The third-order valence-corrected chi connectivity index (χ3v) is 7.34. The number of anilines is 1. The second kappa shape index (κ2) is 15.5. The minimum atomic E-state index is -0.219. The molecule has 0 atom stereocenters. The zero-order valence-electron chi connectivity index (χ0n) is 22.9. The van der Waals surface area contributed by atoms with Crippen LogP contribution in [0.2, 0.25) is 0 Å². The first-order chi connectivity index (χ1) is 19.6. The molecule has 0 aliphatic heterocycles. The monoisotopic (exact) mass is 552 g/mol. The number of amides is 2. The molecule has 206 valence electrons. The Hall–Kier alpha value is -4.03.